The summed E-state index contributed by atoms with van der Waals surface area (Å²) in [4.78, 5) is 4.06. The van der Waals surface area contributed by atoms with Gasteiger partial charge in [0.1, 0.15) is 11.3 Å². The molecule has 1 heterocycles. The van der Waals surface area contributed by atoms with E-state index in [0.717, 1.165) is 0 Å². The molecule has 0 spiro atoms. The van der Waals surface area contributed by atoms with Crippen molar-refractivity contribution in [2.24, 2.45) is 0 Å². The highest BCUT2D eigenvalue weighted by Gasteiger charge is 2.26. The second-order valence-corrected chi connectivity index (χ2v) is 3.66. The van der Waals surface area contributed by atoms with Gasteiger partial charge in [-0.25, -0.2) is 4.98 Å². The Hall–Kier alpha value is -1.76. The average Bonchev–Trinajstić information content (AvgIpc) is 2.68. The van der Waals surface area contributed by atoms with Crippen LogP contribution in [0.5, 0.6) is 5.75 Å². The molecule has 98 valence electrons. The molecule has 1 aromatic carbocycles. The number of ether oxygens (including phenoxy) is 1. The van der Waals surface area contributed by atoms with Crippen molar-refractivity contribution >= 4 is 11.1 Å². The molecule has 0 saturated heterocycles. The Bertz CT molecular complexity index is 537. The Morgan fingerprint density at radius 1 is 1.39 bits per heavy atom. The predicted molar refractivity (Wildman–Crippen MR) is 58.3 cm³/mol. The Kier molecular flexibility index (Phi) is 3.42. The van der Waals surface area contributed by atoms with Gasteiger partial charge in [-0.1, -0.05) is 0 Å². The standard InChI is InChI=1S/C11H11F3N2O2/c1-17-7-2-3-9-8(4-7)16-10(18-9)5-15-6-11(12,13)14/h2-4,15H,5-6H2,1H3. The van der Waals surface area contributed by atoms with E-state index >= 15 is 0 Å². The fourth-order valence-corrected chi connectivity index (χ4v) is 1.47. The topological polar surface area (TPSA) is 47.3 Å². The number of benzene rings is 1. The van der Waals surface area contributed by atoms with Gasteiger partial charge in [0, 0.05) is 6.07 Å². The molecule has 7 heteroatoms. The first kappa shape index (κ1) is 12.7. The van der Waals surface area contributed by atoms with Crippen molar-refractivity contribution < 1.29 is 22.3 Å². The molecule has 0 fully saturated rings. The summed E-state index contributed by atoms with van der Waals surface area (Å²) in [5.74, 6) is 0.827. The smallest absolute Gasteiger partial charge is 0.401 e. The lowest BCUT2D eigenvalue weighted by Crippen LogP contribution is -2.28. The van der Waals surface area contributed by atoms with Crippen LogP contribution >= 0.6 is 0 Å². The lowest BCUT2D eigenvalue weighted by Gasteiger charge is -2.05. The predicted octanol–water partition coefficient (Wildman–Crippen LogP) is 2.49. The minimum Gasteiger partial charge on any atom is -0.497 e. The molecule has 0 atom stereocenters. The first-order chi connectivity index (χ1) is 8.48. The van der Waals surface area contributed by atoms with Crippen molar-refractivity contribution in [3.05, 3.63) is 24.1 Å². The van der Waals surface area contributed by atoms with Crippen molar-refractivity contribution in [3.8, 4) is 5.75 Å². The molecule has 18 heavy (non-hydrogen) atoms. The van der Waals surface area contributed by atoms with E-state index in [4.69, 9.17) is 9.15 Å². The maximum absolute atomic E-state index is 11.9. The van der Waals surface area contributed by atoms with Crippen LogP contribution in [0.25, 0.3) is 11.1 Å². The van der Waals surface area contributed by atoms with Crippen LogP contribution < -0.4 is 10.1 Å². The Balaban J connectivity index is 2.06. The summed E-state index contributed by atoms with van der Waals surface area (Å²) in [6.07, 6.45) is -4.24. The normalized spacial score (nSPS) is 12.0. The van der Waals surface area contributed by atoms with Crippen molar-refractivity contribution in [1.82, 2.24) is 10.3 Å². The number of oxazole rings is 1. The fourth-order valence-electron chi connectivity index (χ4n) is 1.47. The molecule has 0 radical (unpaired) electrons. The maximum atomic E-state index is 11.9. The van der Waals surface area contributed by atoms with Gasteiger partial charge in [-0.3, -0.25) is 0 Å². The molecule has 2 aromatic rings. The zero-order valence-electron chi connectivity index (χ0n) is 9.54. The van der Waals surface area contributed by atoms with E-state index in [0.29, 0.717) is 16.8 Å². The number of hydrogen-bond donors (Lipinski definition) is 1. The molecule has 0 aliphatic rings. The Morgan fingerprint density at radius 3 is 2.83 bits per heavy atom. The number of hydrogen-bond acceptors (Lipinski definition) is 4. The van der Waals surface area contributed by atoms with Crippen LogP contribution in [0.1, 0.15) is 5.89 Å². The third-order valence-corrected chi connectivity index (χ3v) is 2.24. The molecule has 4 nitrogen and oxygen atoms in total. The van der Waals surface area contributed by atoms with E-state index in [1.54, 1.807) is 18.2 Å². The molecule has 2 rings (SSSR count). The molecule has 0 amide bonds. The molecule has 0 aliphatic heterocycles. The van der Waals surface area contributed by atoms with Gasteiger partial charge in [0.05, 0.1) is 20.2 Å². The van der Waals surface area contributed by atoms with Crippen LogP contribution in [-0.2, 0) is 6.54 Å². The molecule has 1 N–H and O–H groups in total. The second-order valence-electron chi connectivity index (χ2n) is 3.66. The van der Waals surface area contributed by atoms with Crippen LogP contribution in [0.3, 0.4) is 0 Å². The van der Waals surface area contributed by atoms with Crippen LogP contribution in [-0.4, -0.2) is 24.8 Å². The van der Waals surface area contributed by atoms with Gasteiger partial charge in [-0.15, -0.1) is 0 Å². The van der Waals surface area contributed by atoms with Gasteiger partial charge in [0.2, 0.25) is 5.89 Å². The maximum Gasteiger partial charge on any atom is 0.401 e. The van der Waals surface area contributed by atoms with Gasteiger partial charge >= 0.3 is 6.18 Å². The molecular weight excluding hydrogens is 249 g/mol. The minimum atomic E-state index is -4.24. The zero-order valence-corrected chi connectivity index (χ0v) is 9.54. The van der Waals surface area contributed by atoms with Gasteiger partial charge in [-0.2, -0.15) is 13.2 Å². The highest BCUT2D eigenvalue weighted by Crippen LogP contribution is 2.21. The van der Waals surface area contributed by atoms with Crippen LogP contribution in [0.2, 0.25) is 0 Å². The highest BCUT2D eigenvalue weighted by atomic mass is 19.4. The lowest BCUT2D eigenvalue weighted by molar-refractivity contribution is -0.125. The van der Waals surface area contributed by atoms with Gasteiger partial charge < -0.3 is 14.5 Å². The number of halogens is 3. The van der Waals surface area contributed by atoms with Crippen molar-refractivity contribution in [2.45, 2.75) is 12.7 Å². The van der Waals surface area contributed by atoms with Gasteiger partial charge in [0.15, 0.2) is 5.58 Å². The van der Waals surface area contributed by atoms with E-state index in [2.05, 4.69) is 10.3 Å². The summed E-state index contributed by atoms with van der Waals surface area (Å²) in [7, 11) is 1.52. The number of nitrogens with zero attached hydrogens (tertiary/aromatic N) is 1. The Labute approximate surface area is 101 Å². The third kappa shape index (κ3) is 3.13. The summed E-state index contributed by atoms with van der Waals surface area (Å²) >= 11 is 0. The number of fused-ring (bicyclic) bond motifs is 1. The summed E-state index contributed by atoms with van der Waals surface area (Å²) in [6.45, 7) is -1.15. The SMILES string of the molecule is COc1ccc2oc(CNCC(F)(F)F)nc2c1. The van der Waals surface area contributed by atoms with Crippen molar-refractivity contribution in [3.63, 3.8) is 0 Å². The van der Waals surface area contributed by atoms with Crippen LogP contribution in [0.4, 0.5) is 13.2 Å². The number of aromatic nitrogens is 1. The van der Waals surface area contributed by atoms with Gasteiger partial charge in [0.25, 0.3) is 0 Å². The van der Waals surface area contributed by atoms with E-state index in [-0.39, 0.29) is 12.4 Å². The largest absolute Gasteiger partial charge is 0.497 e. The molecule has 0 bridgehead atoms. The first-order valence-corrected chi connectivity index (χ1v) is 5.19. The molecule has 0 unspecified atom stereocenters. The van der Waals surface area contributed by atoms with E-state index in [1.807, 2.05) is 0 Å². The number of nitrogens with one attached hydrogen (secondary N) is 1. The summed E-state index contributed by atoms with van der Waals surface area (Å²) in [5.41, 5.74) is 1.07. The van der Waals surface area contributed by atoms with E-state index < -0.39 is 12.7 Å². The second kappa shape index (κ2) is 4.85. The monoisotopic (exact) mass is 260 g/mol. The summed E-state index contributed by atoms with van der Waals surface area (Å²) < 4.78 is 46.1. The van der Waals surface area contributed by atoms with E-state index in [9.17, 15) is 13.2 Å². The first-order valence-electron chi connectivity index (χ1n) is 5.19. The molecule has 0 aliphatic carbocycles. The molecule has 0 saturated carbocycles. The number of alkyl halides is 3. The van der Waals surface area contributed by atoms with Crippen LogP contribution in [0.15, 0.2) is 22.6 Å². The fraction of sp³-hybridized carbons (Fsp3) is 0.364. The van der Waals surface area contributed by atoms with E-state index in [1.165, 1.54) is 7.11 Å². The summed E-state index contributed by atoms with van der Waals surface area (Å²) in [5, 5.41) is 2.22. The zero-order chi connectivity index (χ0) is 13.2. The van der Waals surface area contributed by atoms with Crippen LogP contribution in [0, 0.1) is 0 Å². The quantitative estimate of drug-likeness (QED) is 0.917. The highest BCUT2D eigenvalue weighted by molar-refractivity contribution is 5.74. The number of methoxy groups -OCH3 is 1. The van der Waals surface area contributed by atoms with Crippen molar-refractivity contribution in [1.29, 1.82) is 0 Å². The number of rotatable bonds is 4. The third-order valence-electron chi connectivity index (χ3n) is 2.24. The van der Waals surface area contributed by atoms with Crippen molar-refractivity contribution in [2.75, 3.05) is 13.7 Å². The summed E-state index contributed by atoms with van der Waals surface area (Å²) in [6, 6.07) is 5.01. The minimum absolute atomic E-state index is 0.0729. The Morgan fingerprint density at radius 2 is 2.17 bits per heavy atom. The lowest BCUT2D eigenvalue weighted by atomic mass is 10.3. The molecular formula is C11H11F3N2O2. The van der Waals surface area contributed by atoms with Gasteiger partial charge in [-0.05, 0) is 12.1 Å². The molecule has 1 aromatic heterocycles. The average molecular weight is 260 g/mol.